The van der Waals surface area contributed by atoms with Crippen LogP contribution >= 0.6 is 11.6 Å². The van der Waals surface area contributed by atoms with E-state index in [1.807, 2.05) is 32.0 Å². The molecule has 1 heterocycles. The minimum absolute atomic E-state index is 0.0792. The SMILES string of the molecule is Cc1ccc(N(CCN2C(=O)c3ccccc3C2=O)C(=O)c2ccccc2Cl)c(C)c1. The molecule has 0 saturated heterocycles. The number of carbonyl (C=O) groups is 3. The number of hydrogen-bond donors (Lipinski definition) is 0. The highest BCUT2D eigenvalue weighted by Crippen LogP contribution is 2.27. The zero-order valence-electron chi connectivity index (χ0n) is 17.3. The van der Waals surface area contributed by atoms with Crippen LogP contribution in [0.5, 0.6) is 0 Å². The van der Waals surface area contributed by atoms with Gasteiger partial charge >= 0.3 is 0 Å². The summed E-state index contributed by atoms with van der Waals surface area (Å²) in [7, 11) is 0. The average molecular weight is 433 g/mol. The van der Waals surface area contributed by atoms with Crippen LogP contribution in [0.4, 0.5) is 5.69 Å². The van der Waals surface area contributed by atoms with Gasteiger partial charge in [-0.3, -0.25) is 19.3 Å². The number of benzene rings is 3. The summed E-state index contributed by atoms with van der Waals surface area (Å²) in [6, 6.07) is 19.4. The van der Waals surface area contributed by atoms with Gasteiger partial charge < -0.3 is 4.90 Å². The van der Waals surface area contributed by atoms with Crippen molar-refractivity contribution in [2.75, 3.05) is 18.0 Å². The quantitative estimate of drug-likeness (QED) is 0.539. The third kappa shape index (κ3) is 3.84. The largest absolute Gasteiger partial charge is 0.306 e. The molecule has 4 rings (SSSR count). The Labute approximate surface area is 185 Å². The minimum atomic E-state index is -0.341. The zero-order valence-corrected chi connectivity index (χ0v) is 18.0. The number of amides is 3. The summed E-state index contributed by atoms with van der Waals surface area (Å²) < 4.78 is 0. The molecule has 0 atom stereocenters. The first-order valence-corrected chi connectivity index (χ1v) is 10.3. The molecule has 3 aromatic carbocycles. The fraction of sp³-hybridized carbons (Fsp3) is 0.160. The third-order valence-corrected chi connectivity index (χ3v) is 5.75. The van der Waals surface area contributed by atoms with Gasteiger partial charge in [0.2, 0.25) is 0 Å². The van der Waals surface area contributed by atoms with E-state index in [4.69, 9.17) is 11.6 Å². The lowest BCUT2D eigenvalue weighted by Crippen LogP contribution is -2.41. The predicted molar refractivity (Wildman–Crippen MR) is 121 cm³/mol. The standard InChI is InChI=1S/C25H21ClN2O3/c1-16-11-12-22(17(2)15-16)27(25(31)20-9-5-6-10-21(20)26)13-14-28-23(29)18-7-3-4-8-19(18)24(28)30/h3-12,15H,13-14H2,1-2H3. The molecule has 0 unspecified atom stereocenters. The number of anilines is 1. The topological polar surface area (TPSA) is 57.7 Å². The number of fused-ring (bicyclic) bond motifs is 1. The molecule has 3 aromatic rings. The maximum absolute atomic E-state index is 13.4. The summed E-state index contributed by atoms with van der Waals surface area (Å²) in [5.41, 5.74) is 3.86. The van der Waals surface area contributed by atoms with Gasteiger partial charge in [0, 0.05) is 18.8 Å². The molecular formula is C25H21ClN2O3. The Hall–Kier alpha value is -3.44. The van der Waals surface area contributed by atoms with E-state index in [9.17, 15) is 14.4 Å². The van der Waals surface area contributed by atoms with Gasteiger partial charge in [-0.15, -0.1) is 0 Å². The lowest BCUT2D eigenvalue weighted by molar-refractivity contribution is 0.0654. The molecule has 1 aliphatic heterocycles. The lowest BCUT2D eigenvalue weighted by Gasteiger charge is -2.27. The summed E-state index contributed by atoms with van der Waals surface area (Å²) in [5, 5.41) is 0.350. The highest BCUT2D eigenvalue weighted by molar-refractivity contribution is 6.34. The average Bonchev–Trinajstić information content (AvgIpc) is 3.00. The van der Waals surface area contributed by atoms with Crippen LogP contribution in [0.2, 0.25) is 5.02 Å². The van der Waals surface area contributed by atoms with Crippen LogP contribution in [-0.4, -0.2) is 35.7 Å². The van der Waals surface area contributed by atoms with Gasteiger partial charge in [0.15, 0.2) is 0 Å². The number of carbonyl (C=O) groups excluding carboxylic acids is 3. The van der Waals surface area contributed by atoms with Crippen LogP contribution in [0.25, 0.3) is 0 Å². The number of halogens is 1. The summed E-state index contributed by atoms with van der Waals surface area (Å²) in [4.78, 5) is 41.7. The van der Waals surface area contributed by atoms with Gasteiger partial charge in [-0.1, -0.05) is 53.6 Å². The van der Waals surface area contributed by atoms with Crippen LogP contribution in [0.3, 0.4) is 0 Å². The monoisotopic (exact) mass is 432 g/mol. The molecule has 1 aliphatic rings. The summed E-state index contributed by atoms with van der Waals surface area (Å²) >= 11 is 6.28. The molecule has 31 heavy (non-hydrogen) atoms. The van der Waals surface area contributed by atoms with Crippen LogP contribution < -0.4 is 4.90 Å². The van der Waals surface area contributed by atoms with Crippen LogP contribution in [0, 0.1) is 13.8 Å². The normalized spacial score (nSPS) is 12.8. The van der Waals surface area contributed by atoms with Crippen molar-refractivity contribution >= 4 is 35.0 Å². The van der Waals surface area contributed by atoms with Crippen molar-refractivity contribution in [3.63, 3.8) is 0 Å². The second-order valence-corrected chi connectivity index (χ2v) is 7.94. The fourth-order valence-corrected chi connectivity index (χ4v) is 4.08. The number of imide groups is 1. The Balaban J connectivity index is 1.66. The van der Waals surface area contributed by atoms with Crippen molar-refractivity contribution in [3.05, 3.63) is 99.6 Å². The van der Waals surface area contributed by atoms with Gasteiger partial charge in [0.25, 0.3) is 17.7 Å². The molecule has 0 radical (unpaired) electrons. The first-order chi connectivity index (χ1) is 14.9. The third-order valence-electron chi connectivity index (χ3n) is 5.42. The number of hydrogen-bond acceptors (Lipinski definition) is 3. The first-order valence-electron chi connectivity index (χ1n) is 9.97. The Morgan fingerprint density at radius 1 is 0.903 bits per heavy atom. The first kappa shape index (κ1) is 20.8. The van der Waals surface area contributed by atoms with Crippen LogP contribution in [0.15, 0.2) is 66.7 Å². The molecule has 0 N–H and O–H groups in total. The van der Waals surface area contributed by atoms with E-state index in [2.05, 4.69) is 0 Å². The van der Waals surface area contributed by atoms with Crippen molar-refractivity contribution in [3.8, 4) is 0 Å². The summed E-state index contributed by atoms with van der Waals surface area (Å²) in [5.74, 6) is -0.966. The molecule has 156 valence electrons. The minimum Gasteiger partial charge on any atom is -0.306 e. The van der Waals surface area contributed by atoms with E-state index in [1.165, 1.54) is 4.90 Å². The molecular weight excluding hydrogens is 412 g/mol. The van der Waals surface area contributed by atoms with Gasteiger partial charge in [-0.2, -0.15) is 0 Å². The maximum Gasteiger partial charge on any atom is 0.261 e. The Bertz CT molecular complexity index is 1170. The number of rotatable bonds is 5. The summed E-state index contributed by atoms with van der Waals surface area (Å²) in [6.07, 6.45) is 0. The van der Waals surface area contributed by atoms with Gasteiger partial charge in [-0.25, -0.2) is 0 Å². The van der Waals surface area contributed by atoms with Crippen LogP contribution in [-0.2, 0) is 0 Å². The molecule has 5 nitrogen and oxygen atoms in total. The predicted octanol–water partition coefficient (Wildman–Crippen LogP) is 4.90. The van der Waals surface area contributed by atoms with E-state index in [0.29, 0.717) is 27.4 Å². The van der Waals surface area contributed by atoms with Gasteiger partial charge in [0.05, 0.1) is 21.7 Å². The van der Waals surface area contributed by atoms with E-state index < -0.39 is 0 Å². The van der Waals surface area contributed by atoms with Crippen molar-refractivity contribution in [2.45, 2.75) is 13.8 Å². The van der Waals surface area contributed by atoms with Crippen molar-refractivity contribution < 1.29 is 14.4 Å². The molecule has 0 aromatic heterocycles. The second-order valence-electron chi connectivity index (χ2n) is 7.53. The Morgan fingerprint density at radius 3 is 2.13 bits per heavy atom. The highest BCUT2D eigenvalue weighted by Gasteiger charge is 2.35. The molecule has 6 heteroatoms. The fourth-order valence-electron chi connectivity index (χ4n) is 3.86. The van der Waals surface area contributed by atoms with E-state index in [-0.39, 0.29) is 30.8 Å². The molecule has 3 amide bonds. The number of nitrogens with zero attached hydrogens (tertiary/aromatic N) is 2. The van der Waals surface area contributed by atoms with Crippen molar-refractivity contribution in [2.24, 2.45) is 0 Å². The maximum atomic E-state index is 13.4. The van der Waals surface area contributed by atoms with E-state index >= 15 is 0 Å². The van der Waals surface area contributed by atoms with E-state index in [0.717, 1.165) is 11.1 Å². The highest BCUT2D eigenvalue weighted by atomic mass is 35.5. The van der Waals surface area contributed by atoms with Crippen molar-refractivity contribution in [1.29, 1.82) is 0 Å². The smallest absolute Gasteiger partial charge is 0.261 e. The molecule has 0 bridgehead atoms. The van der Waals surface area contributed by atoms with Crippen LogP contribution in [0.1, 0.15) is 42.2 Å². The Kier molecular flexibility index (Phi) is 5.61. The number of aryl methyl sites for hydroxylation is 2. The molecule has 0 aliphatic carbocycles. The molecule has 0 saturated carbocycles. The Morgan fingerprint density at radius 2 is 1.52 bits per heavy atom. The second kappa shape index (κ2) is 8.36. The zero-order chi connectivity index (χ0) is 22.1. The lowest BCUT2D eigenvalue weighted by atomic mass is 10.1. The van der Waals surface area contributed by atoms with Gasteiger partial charge in [0.1, 0.15) is 0 Å². The molecule has 0 fully saturated rings. The molecule has 0 spiro atoms. The summed E-state index contributed by atoms with van der Waals surface area (Å²) in [6.45, 7) is 4.14. The van der Waals surface area contributed by atoms with Gasteiger partial charge in [-0.05, 0) is 49.7 Å². The van der Waals surface area contributed by atoms with E-state index in [1.54, 1.807) is 53.4 Å². The van der Waals surface area contributed by atoms with Crippen molar-refractivity contribution in [1.82, 2.24) is 4.90 Å².